The number of fused-ring (bicyclic) bond motifs is 1. The first-order valence-corrected chi connectivity index (χ1v) is 6.32. The fourth-order valence-electron chi connectivity index (χ4n) is 1.71. The Morgan fingerprint density at radius 3 is 2.73 bits per heavy atom. The van der Waals surface area contributed by atoms with Crippen LogP contribution in [0.1, 0.15) is 12.5 Å². The van der Waals surface area contributed by atoms with Gasteiger partial charge in [0.05, 0.1) is 10.6 Å². The minimum atomic E-state index is -3.39. The lowest BCUT2D eigenvalue weighted by atomic mass is 10.2. The van der Waals surface area contributed by atoms with Gasteiger partial charge in [-0.2, -0.15) is 0 Å². The maximum absolute atomic E-state index is 12.0. The molecule has 1 aliphatic heterocycles. The topological polar surface area (TPSA) is 37.4 Å². The van der Waals surface area contributed by atoms with Gasteiger partial charge in [-0.1, -0.05) is 18.2 Å². The minimum Gasteiger partial charge on any atom is -0.267 e. The van der Waals surface area contributed by atoms with Crippen molar-refractivity contribution in [1.29, 1.82) is 0 Å². The van der Waals surface area contributed by atoms with Gasteiger partial charge in [0.15, 0.2) is 0 Å². The Bertz CT molecular complexity index is 536. The Labute approximate surface area is 94.0 Å². The highest BCUT2D eigenvalue weighted by Crippen LogP contribution is 2.38. The zero-order valence-corrected chi connectivity index (χ0v) is 9.77. The molecule has 80 valence electrons. The number of rotatable bonds is 1. The summed E-state index contributed by atoms with van der Waals surface area (Å²) >= 11 is 5.82. The van der Waals surface area contributed by atoms with Crippen molar-refractivity contribution in [3.63, 3.8) is 0 Å². The van der Waals surface area contributed by atoms with Gasteiger partial charge in [-0.25, -0.2) is 8.42 Å². The van der Waals surface area contributed by atoms with E-state index in [1.807, 2.05) is 0 Å². The van der Waals surface area contributed by atoms with Crippen LogP contribution in [0.2, 0.25) is 5.02 Å². The van der Waals surface area contributed by atoms with Crippen LogP contribution in [0.5, 0.6) is 0 Å². The molecular formula is C10H10ClNO2S. The van der Waals surface area contributed by atoms with E-state index in [1.165, 1.54) is 10.4 Å². The Kier molecular flexibility index (Phi) is 2.28. The molecule has 0 fully saturated rings. The van der Waals surface area contributed by atoms with E-state index in [9.17, 15) is 8.42 Å². The SMILES string of the molecule is C=C1c2cc(Cl)ccc2S(=O)(=O)N1CC. The molecular weight excluding hydrogens is 234 g/mol. The highest BCUT2D eigenvalue weighted by Gasteiger charge is 2.35. The normalized spacial score (nSPS) is 18.0. The maximum atomic E-state index is 12.0. The molecule has 2 rings (SSSR count). The third-order valence-corrected chi connectivity index (χ3v) is 4.61. The second-order valence-electron chi connectivity index (χ2n) is 3.26. The number of hydrogen-bond donors (Lipinski definition) is 0. The van der Waals surface area contributed by atoms with Crippen molar-refractivity contribution < 1.29 is 8.42 Å². The molecule has 0 unspecified atom stereocenters. The molecule has 0 saturated carbocycles. The molecule has 0 atom stereocenters. The van der Waals surface area contributed by atoms with Crippen LogP contribution in [0.15, 0.2) is 29.7 Å². The fourth-order valence-corrected chi connectivity index (χ4v) is 3.54. The zero-order valence-electron chi connectivity index (χ0n) is 8.20. The van der Waals surface area contributed by atoms with Gasteiger partial charge >= 0.3 is 0 Å². The van der Waals surface area contributed by atoms with Crippen LogP contribution in [0.4, 0.5) is 0 Å². The number of nitrogens with zero attached hydrogens (tertiary/aromatic N) is 1. The van der Waals surface area contributed by atoms with E-state index in [0.29, 0.717) is 27.7 Å². The Morgan fingerprint density at radius 1 is 1.47 bits per heavy atom. The summed E-state index contributed by atoms with van der Waals surface area (Å²) in [5.41, 5.74) is 1.10. The van der Waals surface area contributed by atoms with Crippen molar-refractivity contribution >= 4 is 27.3 Å². The number of halogens is 1. The van der Waals surface area contributed by atoms with E-state index < -0.39 is 10.0 Å². The van der Waals surface area contributed by atoms with Gasteiger partial charge in [-0.05, 0) is 25.1 Å². The first kappa shape index (κ1) is 10.5. The van der Waals surface area contributed by atoms with Crippen LogP contribution in [-0.2, 0) is 10.0 Å². The predicted octanol–water partition coefficient (Wildman–Crippen LogP) is 2.33. The Balaban J connectivity index is 2.74. The summed E-state index contributed by atoms with van der Waals surface area (Å²) < 4.78 is 25.2. The largest absolute Gasteiger partial charge is 0.267 e. The molecule has 1 aromatic rings. The number of sulfonamides is 1. The molecule has 1 aromatic carbocycles. The molecule has 0 radical (unpaired) electrons. The number of hydrogen-bond acceptors (Lipinski definition) is 2. The standard InChI is InChI=1S/C10H10ClNO2S/c1-3-12-7(2)9-6-8(11)4-5-10(9)15(12,13)14/h4-6H,2-3H2,1H3. The summed E-state index contributed by atoms with van der Waals surface area (Å²) in [6.07, 6.45) is 0. The summed E-state index contributed by atoms with van der Waals surface area (Å²) in [6, 6.07) is 4.73. The van der Waals surface area contributed by atoms with Crippen molar-refractivity contribution in [2.75, 3.05) is 6.54 Å². The van der Waals surface area contributed by atoms with Crippen LogP contribution in [0.3, 0.4) is 0 Å². The van der Waals surface area contributed by atoms with Crippen LogP contribution < -0.4 is 0 Å². The molecule has 15 heavy (non-hydrogen) atoms. The lowest BCUT2D eigenvalue weighted by Crippen LogP contribution is -2.22. The molecule has 0 aliphatic carbocycles. The second-order valence-corrected chi connectivity index (χ2v) is 5.52. The van der Waals surface area contributed by atoms with Crippen LogP contribution >= 0.6 is 11.6 Å². The van der Waals surface area contributed by atoms with Gasteiger partial charge in [-0.3, -0.25) is 4.31 Å². The first-order chi connectivity index (χ1) is 6.98. The van der Waals surface area contributed by atoms with E-state index in [2.05, 4.69) is 6.58 Å². The van der Waals surface area contributed by atoms with Crippen molar-refractivity contribution in [2.24, 2.45) is 0 Å². The smallest absolute Gasteiger partial charge is 0.264 e. The summed E-state index contributed by atoms with van der Waals surface area (Å²) in [4.78, 5) is 0.291. The van der Waals surface area contributed by atoms with Gasteiger partial charge in [0.1, 0.15) is 0 Å². The van der Waals surface area contributed by atoms with E-state index in [-0.39, 0.29) is 0 Å². The Morgan fingerprint density at radius 2 is 2.13 bits per heavy atom. The molecule has 0 spiro atoms. The molecule has 0 saturated heterocycles. The van der Waals surface area contributed by atoms with Crippen LogP contribution in [-0.4, -0.2) is 19.3 Å². The van der Waals surface area contributed by atoms with Crippen molar-refractivity contribution in [1.82, 2.24) is 4.31 Å². The third-order valence-electron chi connectivity index (χ3n) is 2.41. The summed E-state index contributed by atoms with van der Waals surface area (Å²) in [6.45, 7) is 5.93. The zero-order chi connectivity index (χ0) is 11.2. The minimum absolute atomic E-state index is 0.291. The summed E-state index contributed by atoms with van der Waals surface area (Å²) in [7, 11) is -3.39. The average Bonchev–Trinajstić information content (AvgIpc) is 2.34. The summed E-state index contributed by atoms with van der Waals surface area (Å²) in [5, 5.41) is 0.517. The van der Waals surface area contributed by atoms with Gasteiger partial charge in [0, 0.05) is 17.1 Å². The fraction of sp³-hybridized carbons (Fsp3) is 0.200. The highest BCUT2D eigenvalue weighted by molar-refractivity contribution is 7.90. The van der Waals surface area contributed by atoms with Crippen LogP contribution in [0.25, 0.3) is 5.70 Å². The lowest BCUT2D eigenvalue weighted by Gasteiger charge is -2.14. The molecule has 1 aliphatic rings. The molecule has 0 N–H and O–H groups in total. The van der Waals surface area contributed by atoms with E-state index in [0.717, 1.165) is 0 Å². The average molecular weight is 244 g/mol. The monoisotopic (exact) mass is 243 g/mol. The van der Waals surface area contributed by atoms with E-state index in [1.54, 1.807) is 19.1 Å². The van der Waals surface area contributed by atoms with Crippen molar-refractivity contribution in [2.45, 2.75) is 11.8 Å². The third kappa shape index (κ3) is 1.36. The van der Waals surface area contributed by atoms with Crippen LogP contribution in [0, 0.1) is 0 Å². The molecule has 0 bridgehead atoms. The molecule has 1 heterocycles. The van der Waals surface area contributed by atoms with Gasteiger partial charge < -0.3 is 0 Å². The van der Waals surface area contributed by atoms with Gasteiger partial charge in [0.25, 0.3) is 10.0 Å². The van der Waals surface area contributed by atoms with E-state index >= 15 is 0 Å². The molecule has 5 heteroatoms. The number of benzene rings is 1. The van der Waals surface area contributed by atoms with Gasteiger partial charge in [0.2, 0.25) is 0 Å². The van der Waals surface area contributed by atoms with E-state index in [4.69, 9.17) is 11.6 Å². The molecule has 0 aromatic heterocycles. The quantitative estimate of drug-likeness (QED) is 0.759. The summed E-state index contributed by atoms with van der Waals surface area (Å²) in [5.74, 6) is 0. The Hall–Kier alpha value is -1.00. The van der Waals surface area contributed by atoms with Crippen molar-refractivity contribution in [3.8, 4) is 0 Å². The first-order valence-electron chi connectivity index (χ1n) is 4.50. The maximum Gasteiger partial charge on any atom is 0.264 e. The molecule has 0 amide bonds. The predicted molar refractivity (Wildman–Crippen MR) is 60.1 cm³/mol. The second kappa shape index (κ2) is 3.25. The van der Waals surface area contributed by atoms with Gasteiger partial charge in [-0.15, -0.1) is 0 Å². The highest BCUT2D eigenvalue weighted by atomic mass is 35.5. The molecule has 3 nitrogen and oxygen atoms in total. The van der Waals surface area contributed by atoms with Crippen molar-refractivity contribution in [3.05, 3.63) is 35.4 Å². The lowest BCUT2D eigenvalue weighted by molar-refractivity contribution is 0.532.